The van der Waals surface area contributed by atoms with Crippen LogP contribution in [0.2, 0.25) is 0 Å². The Balaban J connectivity index is 2.23. The Kier molecular flexibility index (Phi) is 8.28. The molecule has 0 aromatic heterocycles. The zero-order chi connectivity index (χ0) is 24.9. The summed E-state index contributed by atoms with van der Waals surface area (Å²) in [6, 6.07) is 11.7. The number of carbonyl (C=O) groups excluding carboxylic acids is 1. The number of sulfone groups is 1. The fraction of sp³-hybridized carbons (Fsp3) is 0.385. The van der Waals surface area contributed by atoms with Gasteiger partial charge in [0.1, 0.15) is 0 Å². The summed E-state index contributed by atoms with van der Waals surface area (Å²) in [7, 11) is -3.85. The van der Waals surface area contributed by atoms with Crippen LogP contribution in [0.25, 0.3) is 5.70 Å². The van der Waals surface area contributed by atoms with Gasteiger partial charge in [-0.1, -0.05) is 19.1 Å². The fourth-order valence-electron chi connectivity index (χ4n) is 4.09. The molecule has 0 spiro atoms. The summed E-state index contributed by atoms with van der Waals surface area (Å²) in [5.41, 5.74) is 2.76. The van der Waals surface area contributed by atoms with E-state index in [0.29, 0.717) is 48.4 Å². The molecule has 1 aliphatic rings. The van der Waals surface area contributed by atoms with E-state index in [1.165, 1.54) is 0 Å². The van der Waals surface area contributed by atoms with Crippen LogP contribution in [0.3, 0.4) is 0 Å². The number of hydrogen-bond acceptors (Lipinski definition) is 7. The van der Waals surface area contributed by atoms with Crippen LogP contribution in [0, 0.1) is 0 Å². The van der Waals surface area contributed by atoms with Gasteiger partial charge in [-0.25, -0.2) is 13.2 Å². The first-order chi connectivity index (χ1) is 16.2. The van der Waals surface area contributed by atoms with Crippen LogP contribution in [0.5, 0.6) is 0 Å². The van der Waals surface area contributed by atoms with E-state index in [1.807, 2.05) is 24.0 Å². The Morgan fingerprint density at radius 1 is 1.15 bits per heavy atom. The third-order valence-electron chi connectivity index (χ3n) is 6.09. The molecule has 3 rings (SSSR count). The standard InChI is InChI=1S/C26H32N2O5S/c1-5-19-7-10-22(11-8-19)34(31,32)18(3)25(28-15-13-21(29)14-16-28)23-17-20(26(30)33-6-2)9-12-24(23)27-4/h7-12,17,21,29H,4-6,13-16H2,1-3H3/b25-18-. The summed E-state index contributed by atoms with van der Waals surface area (Å²) < 4.78 is 32.6. The van der Waals surface area contributed by atoms with Gasteiger partial charge in [0.25, 0.3) is 0 Å². The number of hydrogen-bond donors (Lipinski definition) is 1. The van der Waals surface area contributed by atoms with Crippen molar-refractivity contribution in [2.24, 2.45) is 4.99 Å². The van der Waals surface area contributed by atoms with Crippen LogP contribution in [0.1, 0.15) is 55.1 Å². The second-order valence-corrected chi connectivity index (χ2v) is 10.3. The first-order valence-corrected chi connectivity index (χ1v) is 13.0. The van der Waals surface area contributed by atoms with E-state index in [0.717, 1.165) is 12.0 Å². The topological polar surface area (TPSA) is 96.3 Å². The molecule has 8 heteroatoms. The highest BCUT2D eigenvalue weighted by molar-refractivity contribution is 7.95. The van der Waals surface area contributed by atoms with Gasteiger partial charge in [0, 0.05) is 18.7 Å². The fourth-order valence-corrected chi connectivity index (χ4v) is 5.43. The molecule has 2 aromatic rings. The van der Waals surface area contributed by atoms with Gasteiger partial charge in [-0.05, 0) is 75.7 Å². The number of aliphatic hydroxyl groups excluding tert-OH is 1. The largest absolute Gasteiger partial charge is 0.462 e. The van der Waals surface area contributed by atoms with Gasteiger partial charge in [0.05, 0.1) is 39.5 Å². The molecule has 1 saturated heterocycles. The van der Waals surface area contributed by atoms with Crippen molar-refractivity contribution in [3.63, 3.8) is 0 Å². The molecule has 34 heavy (non-hydrogen) atoms. The van der Waals surface area contributed by atoms with Crippen LogP contribution in [-0.4, -0.2) is 56.9 Å². The van der Waals surface area contributed by atoms with E-state index >= 15 is 0 Å². The summed E-state index contributed by atoms with van der Waals surface area (Å²) >= 11 is 0. The molecule has 0 unspecified atom stereocenters. The van der Waals surface area contributed by atoms with Crippen molar-refractivity contribution in [3.8, 4) is 0 Å². The van der Waals surface area contributed by atoms with Crippen LogP contribution >= 0.6 is 0 Å². The van der Waals surface area contributed by atoms with E-state index < -0.39 is 21.9 Å². The molecule has 7 nitrogen and oxygen atoms in total. The quantitative estimate of drug-likeness (QED) is 0.441. The Morgan fingerprint density at radius 3 is 2.35 bits per heavy atom. The van der Waals surface area contributed by atoms with Crippen molar-refractivity contribution >= 4 is 33.9 Å². The highest BCUT2D eigenvalue weighted by Gasteiger charge is 2.29. The molecular weight excluding hydrogens is 452 g/mol. The van der Waals surface area contributed by atoms with E-state index in [9.17, 15) is 18.3 Å². The van der Waals surface area contributed by atoms with Gasteiger partial charge in [-0.3, -0.25) is 4.99 Å². The van der Waals surface area contributed by atoms with Gasteiger partial charge in [-0.2, -0.15) is 0 Å². The lowest BCUT2D eigenvalue weighted by Gasteiger charge is -2.35. The van der Waals surface area contributed by atoms with E-state index in [-0.39, 0.29) is 16.4 Å². The van der Waals surface area contributed by atoms with E-state index in [4.69, 9.17) is 4.74 Å². The smallest absolute Gasteiger partial charge is 0.338 e. The predicted molar refractivity (Wildman–Crippen MR) is 134 cm³/mol. The minimum Gasteiger partial charge on any atom is -0.462 e. The van der Waals surface area contributed by atoms with Crippen LogP contribution in [0.15, 0.2) is 57.3 Å². The number of likely N-dealkylation sites (tertiary alicyclic amines) is 1. The summed E-state index contributed by atoms with van der Waals surface area (Å²) in [4.78, 5) is 18.8. The second-order valence-electron chi connectivity index (χ2n) is 8.23. The minimum absolute atomic E-state index is 0.152. The number of aliphatic hydroxyl groups is 1. The number of nitrogens with zero attached hydrogens (tertiary/aromatic N) is 2. The summed E-state index contributed by atoms with van der Waals surface area (Å²) in [5.74, 6) is -0.497. The third-order valence-corrected chi connectivity index (χ3v) is 7.98. The highest BCUT2D eigenvalue weighted by Crippen LogP contribution is 2.37. The first kappa shape index (κ1) is 25.6. The molecule has 1 aliphatic heterocycles. The number of carbonyl (C=O) groups is 1. The minimum atomic E-state index is -3.85. The zero-order valence-electron chi connectivity index (χ0n) is 20.0. The van der Waals surface area contributed by atoms with E-state index in [2.05, 4.69) is 11.7 Å². The number of aliphatic imine (C=N–C) groups is 1. The molecule has 2 aromatic carbocycles. The van der Waals surface area contributed by atoms with Gasteiger partial charge in [-0.15, -0.1) is 0 Å². The van der Waals surface area contributed by atoms with Crippen LogP contribution in [-0.2, 0) is 21.0 Å². The normalized spacial score (nSPS) is 15.6. The van der Waals surface area contributed by atoms with Gasteiger partial charge in [0.15, 0.2) is 0 Å². The van der Waals surface area contributed by atoms with Gasteiger partial charge < -0.3 is 14.7 Å². The lowest BCUT2D eigenvalue weighted by atomic mass is 10.0. The molecule has 1 heterocycles. The number of ether oxygens (including phenoxy) is 1. The van der Waals surface area contributed by atoms with Crippen molar-refractivity contribution in [2.45, 2.75) is 51.0 Å². The first-order valence-electron chi connectivity index (χ1n) is 11.5. The monoisotopic (exact) mass is 484 g/mol. The number of benzene rings is 2. The van der Waals surface area contributed by atoms with Gasteiger partial charge >= 0.3 is 5.97 Å². The van der Waals surface area contributed by atoms with Crippen molar-refractivity contribution in [3.05, 3.63) is 64.1 Å². The number of piperidine rings is 1. The number of aryl methyl sites for hydroxylation is 1. The average molecular weight is 485 g/mol. The number of esters is 1. The molecule has 0 amide bonds. The molecular formula is C26H32N2O5S. The average Bonchev–Trinajstić information content (AvgIpc) is 2.85. The number of allylic oxidation sites excluding steroid dienone is 1. The lowest BCUT2D eigenvalue weighted by Crippen LogP contribution is -2.35. The van der Waals surface area contributed by atoms with E-state index in [1.54, 1.807) is 44.2 Å². The summed E-state index contributed by atoms with van der Waals surface area (Å²) in [6.45, 7) is 10.1. The van der Waals surface area contributed by atoms with Crippen molar-refractivity contribution < 1.29 is 23.1 Å². The van der Waals surface area contributed by atoms with Crippen LogP contribution in [0.4, 0.5) is 5.69 Å². The van der Waals surface area contributed by atoms with Gasteiger partial charge in [0.2, 0.25) is 9.84 Å². The molecule has 0 radical (unpaired) electrons. The molecule has 1 fully saturated rings. The second kappa shape index (κ2) is 11.0. The Labute approximate surface area is 201 Å². The molecule has 0 atom stereocenters. The Morgan fingerprint density at radius 2 is 1.79 bits per heavy atom. The maximum absolute atomic E-state index is 13.7. The molecule has 0 aliphatic carbocycles. The number of rotatable bonds is 8. The Bertz CT molecular complexity index is 1180. The van der Waals surface area contributed by atoms with Crippen molar-refractivity contribution in [2.75, 3.05) is 19.7 Å². The van der Waals surface area contributed by atoms with Crippen molar-refractivity contribution in [1.82, 2.24) is 4.90 Å². The highest BCUT2D eigenvalue weighted by atomic mass is 32.2. The molecule has 0 saturated carbocycles. The molecule has 182 valence electrons. The molecule has 0 bridgehead atoms. The molecule has 1 N–H and O–H groups in total. The third kappa shape index (κ3) is 5.39. The summed E-state index contributed by atoms with van der Waals surface area (Å²) in [6.07, 6.45) is 1.40. The maximum atomic E-state index is 13.7. The zero-order valence-corrected chi connectivity index (χ0v) is 20.8. The predicted octanol–water partition coefficient (Wildman–Crippen LogP) is 4.38. The Hall–Kier alpha value is -2.97. The maximum Gasteiger partial charge on any atom is 0.338 e. The van der Waals surface area contributed by atoms with Crippen molar-refractivity contribution in [1.29, 1.82) is 0 Å². The summed E-state index contributed by atoms with van der Waals surface area (Å²) in [5, 5.41) is 10.0. The van der Waals surface area contributed by atoms with Crippen LogP contribution < -0.4 is 0 Å². The lowest BCUT2D eigenvalue weighted by molar-refractivity contribution is 0.0526. The SMILES string of the molecule is C=Nc1ccc(C(=O)OCC)cc1/C(=C(\C)S(=O)(=O)c1ccc(CC)cc1)N1CCC(O)CC1.